The number of aryl methyl sites for hydroxylation is 1. The molecule has 2 aliphatic rings. The van der Waals surface area contributed by atoms with Crippen molar-refractivity contribution >= 4 is 17.7 Å². The SMILES string of the molecule is Cc1ccc(SC2(CNC(=O)c3ccn(C4CCCNC4)n3)CCCC2)cc1. The van der Waals surface area contributed by atoms with E-state index in [-0.39, 0.29) is 10.7 Å². The van der Waals surface area contributed by atoms with Crippen LogP contribution in [0.25, 0.3) is 0 Å². The quantitative estimate of drug-likeness (QED) is 0.773. The highest BCUT2D eigenvalue weighted by Crippen LogP contribution is 2.44. The molecule has 1 aliphatic carbocycles. The number of amides is 1. The van der Waals surface area contributed by atoms with E-state index in [1.807, 2.05) is 28.7 Å². The molecule has 2 N–H and O–H groups in total. The topological polar surface area (TPSA) is 59.0 Å². The Kier molecular flexibility index (Phi) is 6.07. The predicted octanol–water partition coefficient (Wildman–Crippen LogP) is 3.95. The lowest BCUT2D eigenvalue weighted by Crippen LogP contribution is -2.39. The van der Waals surface area contributed by atoms with Crippen LogP contribution in [0.2, 0.25) is 0 Å². The molecule has 28 heavy (non-hydrogen) atoms. The minimum Gasteiger partial charge on any atom is -0.349 e. The van der Waals surface area contributed by atoms with Gasteiger partial charge in [0.15, 0.2) is 0 Å². The molecular weight excluding hydrogens is 368 g/mol. The summed E-state index contributed by atoms with van der Waals surface area (Å²) in [5.74, 6) is -0.0571. The molecule has 1 atom stereocenters. The summed E-state index contributed by atoms with van der Waals surface area (Å²) < 4.78 is 2.05. The van der Waals surface area contributed by atoms with Gasteiger partial charge in [-0.25, -0.2) is 0 Å². The van der Waals surface area contributed by atoms with Crippen LogP contribution in [-0.2, 0) is 0 Å². The first-order valence-corrected chi connectivity index (χ1v) is 11.3. The van der Waals surface area contributed by atoms with Crippen LogP contribution < -0.4 is 10.6 Å². The summed E-state index contributed by atoms with van der Waals surface area (Å²) in [6.45, 7) is 4.82. The number of benzene rings is 1. The van der Waals surface area contributed by atoms with E-state index in [0.29, 0.717) is 18.3 Å². The molecule has 2 fully saturated rings. The van der Waals surface area contributed by atoms with Crippen molar-refractivity contribution in [1.82, 2.24) is 20.4 Å². The zero-order chi connectivity index (χ0) is 19.4. The van der Waals surface area contributed by atoms with E-state index in [0.717, 1.165) is 38.8 Å². The minimum atomic E-state index is -0.0571. The summed E-state index contributed by atoms with van der Waals surface area (Å²) in [4.78, 5) is 14.0. The van der Waals surface area contributed by atoms with Crippen molar-refractivity contribution in [3.8, 4) is 0 Å². The van der Waals surface area contributed by atoms with Crippen LogP contribution in [0.5, 0.6) is 0 Å². The van der Waals surface area contributed by atoms with Gasteiger partial charge in [-0.05, 0) is 57.4 Å². The fourth-order valence-electron chi connectivity index (χ4n) is 4.24. The molecular formula is C22H30N4OS. The first kappa shape index (κ1) is 19.5. The van der Waals surface area contributed by atoms with Crippen molar-refractivity contribution in [2.24, 2.45) is 0 Å². The molecule has 0 radical (unpaired) electrons. The van der Waals surface area contributed by atoms with E-state index >= 15 is 0 Å². The van der Waals surface area contributed by atoms with E-state index < -0.39 is 0 Å². The Morgan fingerprint density at radius 2 is 2.04 bits per heavy atom. The maximum Gasteiger partial charge on any atom is 0.271 e. The Morgan fingerprint density at radius 1 is 1.25 bits per heavy atom. The van der Waals surface area contributed by atoms with Crippen LogP contribution in [0.3, 0.4) is 0 Å². The van der Waals surface area contributed by atoms with Gasteiger partial charge in [0, 0.05) is 28.9 Å². The van der Waals surface area contributed by atoms with Gasteiger partial charge in [0.05, 0.1) is 6.04 Å². The number of aromatic nitrogens is 2. The van der Waals surface area contributed by atoms with Crippen molar-refractivity contribution < 1.29 is 4.79 Å². The van der Waals surface area contributed by atoms with Gasteiger partial charge < -0.3 is 10.6 Å². The lowest BCUT2D eigenvalue weighted by atomic mass is 10.1. The average Bonchev–Trinajstić information content (AvgIpc) is 3.39. The number of hydrogen-bond acceptors (Lipinski definition) is 4. The zero-order valence-electron chi connectivity index (χ0n) is 16.6. The monoisotopic (exact) mass is 398 g/mol. The fourth-order valence-corrected chi connectivity index (χ4v) is 5.65. The molecule has 2 aromatic rings. The number of piperidine rings is 1. The second-order valence-electron chi connectivity index (χ2n) is 8.17. The summed E-state index contributed by atoms with van der Waals surface area (Å²) in [5.41, 5.74) is 1.81. The largest absolute Gasteiger partial charge is 0.349 e. The Labute approximate surface area is 171 Å². The standard InChI is InChI=1S/C22H30N4OS/c1-17-6-8-19(9-7-17)28-22(11-2-3-12-22)16-24-21(27)20-10-14-26(25-20)18-5-4-13-23-15-18/h6-10,14,18,23H,2-5,11-13,15-16H2,1H3,(H,24,27). The van der Waals surface area contributed by atoms with Crippen LogP contribution in [0.4, 0.5) is 0 Å². The maximum atomic E-state index is 12.7. The summed E-state index contributed by atoms with van der Waals surface area (Å²) in [5, 5.41) is 11.1. The van der Waals surface area contributed by atoms with Crippen molar-refractivity contribution in [3.05, 3.63) is 47.8 Å². The molecule has 0 bridgehead atoms. The highest BCUT2D eigenvalue weighted by molar-refractivity contribution is 8.00. The Hall–Kier alpha value is -1.79. The second kappa shape index (κ2) is 8.70. The Bertz CT molecular complexity index is 789. The van der Waals surface area contributed by atoms with E-state index in [1.165, 1.54) is 23.3 Å². The third-order valence-electron chi connectivity index (χ3n) is 5.93. The minimum absolute atomic E-state index is 0.0571. The summed E-state index contributed by atoms with van der Waals surface area (Å²) in [6, 6.07) is 10.9. The first-order chi connectivity index (χ1) is 13.6. The van der Waals surface area contributed by atoms with E-state index in [4.69, 9.17) is 0 Å². The van der Waals surface area contributed by atoms with Crippen molar-refractivity contribution in [1.29, 1.82) is 0 Å². The van der Waals surface area contributed by atoms with Crippen LogP contribution in [-0.4, -0.2) is 40.1 Å². The lowest BCUT2D eigenvalue weighted by Gasteiger charge is -2.28. The van der Waals surface area contributed by atoms with Gasteiger partial charge in [-0.2, -0.15) is 5.10 Å². The van der Waals surface area contributed by atoms with Crippen molar-refractivity contribution in [3.63, 3.8) is 0 Å². The van der Waals surface area contributed by atoms with Gasteiger partial charge >= 0.3 is 0 Å². The number of carbonyl (C=O) groups excluding carboxylic acids is 1. The molecule has 4 rings (SSSR count). The molecule has 1 aliphatic heterocycles. The van der Waals surface area contributed by atoms with Gasteiger partial charge in [-0.15, -0.1) is 11.8 Å². The molecule has 1 amide bonds. The molecule has 2 heterocycles. The lowest BCUT2D eigenvalue weighted by molar-refractivity contribution is 0.0943. The third-order valence-corrected chi connectivity index (χ3v) is 7.42. The van der Waals surface area contributed by atoms with Crippen LogP contribution in [0.1, 0.15) is 60.6 Å². The van der Waals surface area contributed by atoms with Crippen LogP contribution in [0, 0.1) is 6.92 Å². The number of carbonyl (C=O) groups is 1. The maximum absolute atomic E-state index is 12.7. The van der Waals surface area contributed by atoms with E-state index in [9.17, 15) is 4.79 Å². The number of nitrogens with one attached hydrogen (secondary N) is 2. The molecule has 5 nitrogen and oxygen atoms in total. The van der Waals surface area contributed by atoms with Gasteiger partial charge in [0.25, 0.3) is 5.91 Å². The normalized spacial score (nSPS) is 21.5. The second-order valence-corrected chi connectivity index (χ2v) is 9.71. The molecule has 1 saturated carbocycles. The first-order valence-electron chi connectivity index (χ1n) is 10.4. The third kappa shape index (κ3) is 4.61. The van der Waals surface area contributed by atoms with Gasteiger partial charge in [0.1, 0.15) is 5.69 Å². The fraction of sp³-hybridized carbons (Fsp3) is 0.545. The number of hydrogen-bond donors (Lipinski definition) is 2. The molecule has 1 saturated heterocycles. The number of nitrogens with zero attached hydrogens (tertiary/aromatic N) is 2. The zero-order valence-corrected chi connectivity index (χ0v) is 17.4. The summed E-state index contributed by atoms with van der Waals surface area (Å²) in [7, 11) is 0. The summed E-state index contributed by atoms with van der Waals surface area (Å²) in [6.07, 6.45) is 8.98. The van der Waals surface area contributed by atoms with E-state index in [1.54, 1.807) is 0 Å². The predicted molar refractivity (Wildman–Crippen MR) is 114 cm³/mol. The highest BCUT2D eigenvalue weighted by atomic mass is 32.2. The van der Waals surface area contributed by atoms with Gasteiger partial charge in [-0.1, -0.05) is 30.5 Å². The molecule has 1 aromatic carbocycles. The van der Waals surface area contributed by atoms with Gasteiger partial charge in [0.2, 0.25) is 0 Å². The molecule has 6 heteroatoms. The highest BCUT2D eigenvalue weighted by Gasteiger charge is 2.35. The van der Waals surface area contributed by atoms with Crippen molar-refractivity contribution in [2.75, 3.05) is 19.6 Å². The Balaban J connectivity index is 1.38. The summed E-state index contributed by atoms with van der Waals surface area (Å²) >= 11 is 1.92. The van der Waals surface area contributed by atoms with Crippen LogP contribution in [0.15, 0.2) is 41.4 Å². The van der Waals surface area contributed by atoms with Crippen molar-refractivity contribution in [2.45, 2.75) is 61.1 Å². The average molecular weight is 399 g/mol. The molecule has 150 valence electrons. The van der Waals surface area contributed by atoms with Crippen LogP contribution >= 0.6 is 11.8 Å². The molecule has 1 aromatic heterocycles. The number of thioether (sulfide) groups is 1. The van der Waals surface area contributed by atoms with Gasteiger partial charge in [-0.3, -0.25) is 9.48 Å². The smallest absolute Gasteiger partial charge is 0.271 e. The van der Waals surface area contributed by atoms with E-state index in [2.05, 4.69) is 46.9 Å². The number of rotatable bonds is 6. The Morgan fingerprint density at radius 3 is 2.75 bits per heavy atom. The molecule has 0 spiro atoms. The molecule has 1 unspecified atom stereocenters.